The predicted molar refractivity (Wildman–Crippen MR) is 140 cm³/mol. The maximum Gasteiger partial charge on any atom is 0.242 e. The minimum absolute atomic E-state index is 0.0398. The van der Waals surface area contributed by atoms with Gasteiger partial charge in [0.1, 0.15) is 11.9 Å². The molecular formula is C28H32FN3O4S. The largest absolute Gasteiger partial charge is 0.357 e. The highest BCUT2D eigenvalue weighted by Crippen LogP contribution is 2.18. The second-order valence-electron chi connectivity index (χ2n) is 8.71. The molecule has 0 aromatic heterocycles. The molecule has 9 heteroatoms. The highest BCUT2D eigenvalue weighted by molar-refractivity contribution is 7.89. The van der Waals surface area contributed by atoms with Crippen molar-refractivity contribution in [1.29, 1.82) is 0 Å². The van der Waals surface area contributed by atoms with Gasteiger partial charge >= 0.3 is 0 Å². The zero-order valence-corrected chi connectivity index (χ0v) is 21.8. The third kappa shape index (κ3) is 7.71. The van der Waals surface area contributed by atoms with Crippen molar-refractivity contribution in [1.82, 2.24) is 14.5 Å². The van der Waals surface area contributed by atoms with Gasteiger partial charge in [0.15, 0.2) is 0 Å². The van der Waals surface area contributed by atoms with Crippen LogP contribution in [-0.4, -0.2) is 56.1 Å². The summed E-state index contributed by atoms with van der Waals surface area (Å²) in [6, 6.07) is 22.5. The van der Waals surface area contributed by atoms with Gasteiger partial charge in [-0.2, -0.15) is 0 Å². The lowest BCUT2D eigenvalue weighted by Gasteiger charge is -2.31. The number of hydrogen-bond donors (Lipinski definition) is 1. The van der Waals surface area contributed by atoms with E-state index in [0.717, 1.165) is 5.56 Å². The fourth-order valence-electron chi connectivity index (χ4n) is 4.00. The Morgan fingerprint density at radius 2 is 1.49 bits per heavy atom. The topological polar surface area (TPSA) is 86.8 Å². The Balaban J connectivity index is 1.77. The number of rotatable bonds is 12. The first-order valence-corrected chi connectivity index (χ1v) is 13.5. The molecule has 0 fully saturated rings. The molecule has 0 aliphatic rings. The number of amides is 2. The molecule has 0 radical (unpaired) electrons. The zero-order valence-electron chi connectivity index (χ0n) is 21.0. The van der Waals surface area contributed by atoms with Crippen LogP contribution in [0.3, 0.4) is 0 Å². The molecule has 2 amide bonds. The molecule has 196 valence electrons. The highest BCUT2D eigenvalue weighted by Gasteiger charge is 2.30. The van der Waals surface area contributed by atoms with E-state index in [1.165, 1.54) is 47.6 Å². The number of nitrogens with zero attached hydrogens (tertiary/aromatic N) is 2. The van der Waals surface area contributed by atoms with Gasteiger partial charge in [-0.3, -0.25) is 9.59 Å². The summed E-state index contributed by atoms with van der Waals surface area (Å²) in [5.74, 6) is -1.00. The Morgan fingerprint density at radius 1 is 0.892 bits per heavy atom. The van der Waals surface area contributed by atoms with Crippen LogP contribution in [0.2, 0.25) is 0 Å². The van der Waals surface area contributed by atoms with Crippen LogP contribution in [0.5, 0.6) is 0 Å². The average Bonchev–Trinajstić information content (AvgIpc) is 2.92. The van der Waals surface area contributed by atoms with Crippen molar-refractivity contribution >= 4 is 21.8 Å². The standard InChI is InChI=1S/C28H32FN3O4S/c1-30-28(34)26(20-22-10-5-3-6-11-22)32(21-23-15-17-24(29)18-16-23)27(33)14-9-19-31(2)37(35,36)25-12-7-4-8-13-25/h3-8,10-13,15-18,26H,9,14,19-21H2,1-2H3,(H,30,34)/t26-/m1/s1. The number of likely N-dealkylation sites (N-methyl/N-ethyl adjacent to an activating group) is 1. The molecule has 0 unspecified atom stereocenters. The molecule has 0 saturated heterocycles. The highest BCUT2D eigenvalue weighted by atomic mass is 32.2. The molecule has 1 N–H and O–H groups in total. The molecule has 3 aromatic rings. The van der Waals surface area contributed by atoms with Crippen molar-refractivity contribution in [3.8, 4) is 0 Å². The first kappa shape index (κ1) is 28.0. The van der Waals surface area contributed by atoms with Gasteiger partial charge in [-0.05, 0) is 41.8 Å². The minimum atomic E-state index is -3.68. The molecule has 1 atom stereocenters. The van der Waals surface area contributed by atoms with Gasteiger partial charge in [0.2, 0.25) is 21.8 Å². The maximum absolute atomic E-state index is 13.5. The van der Waals surface area contributed by atoms with Crippen LogP contribution in [0.1, 0.15) is 24.0 Å². The number of carbonyl (C=O) groups is 2. The van der Waals surface area contributed by atoms with Crippen LogP contribution in [0.4, 0.5) is 4.39 Å². The lowest BCUT2D eigenvalue weighted by Crippen LogP contribution is -2.49. The number of benzene rings is 3. The molecule has 0 aliphatic heterocycles. The Kier molecular flexibility index (Phi) is 9.93. The second-order valence-corrected chi connectivity index (χ2v) is 10.8. The Hall–Kier alpha value is -3.56. The second kappa shape index (κ2) is 13.1. The first-order valence-electron chi connectivity index (χ1n) is 12.0. The smallest absolute Gasteiger partial charge is 0.242 e. The summed E-state index contributed by atoms with van der Waals surface area (Å²) in [5.41, 5.74) is 1.57. The van der Waals surface area contributed by atoms with Gasteiger partial charge < -0.3 is 10.2 Å². The van der Waals surface area contributed by atoms with E-state index in [1.54, 1.807) is 30.3 Å². The van der Waals surface area contributed by atoms with Crippen LogP contribution in [0.25, 0.3) is 0 Å². The van der Waals surface area contributed by atoms with Crippen LogP contribution in [0.15, 0.2) is 89.8 Å². The average molecular weight is 526 g/mol. The van der Waals surface area contributed by atoms with Gasteiger partial charge in [0.25, 0.3) is 0 Å². The zero-order chi connectivity index (χ0) is 26.8. The molecule has 3 rings (SSSR count). The molecule has 0 spiro atoms. The van der Waals surface area contributed by atoms with Gasteiger partial charge in [0, 0.05) is 40.0 Å². The summed E-state index contributed by atoms with van der Waals surface area (Å²) >= 11 is 0. The quantitative estimate of drug-likeness (QED) is 0.391. The molecular weight excluding hydrogens is 493 g/mol. The number of hydrogen-bond acceptors (Lipinski definition) is 4. The normalized spacial score (nSPS) is 12.2. The van der Waals surface area contributed by atoms with E-state index in [9.17, 15) is 22.4 Å². The number of carbonyl (C=O) groups excluding carboxylic acids is 2. The fourth-order valence-corrected chi connectivity index (χ4v) is 5.23. The molecule has 0 aliphatic carbocycles. The summed E-state index contributed by atoms with van der Waals surface area (Å²) in [4.78, 5) is 28.1. The van der Waals surface area contributed by atoms with Crippen molar-refractivity contribution in [3.63, 3.8) is 0 Å². The number of halogens is 1. The monoisotopic (exact) mass is 525 g/mol. The Bertz CT molecular complexity index is 1270. The van der Waals surface area contributed by atoms with E-state index in [1.807, 2.05) is 30.3 Å². The molecule has 0 bridgehead atoms. The van der Waals surface area contributed by atoms with Gasteiger partial charge in [0.05, 0.1) is 4.90 Å². The SMILES string of the molecule is CNC(=O)[C@@H](Cc1ccccc1)N(Cc1ccc(F)cc1)C(=O)CCCN(C)S(=O)(=O)c1ccccc1. The van der Waals surface area contributed by atoms with Crippen molar-refractivity contribution < 1.29 is 22.4 Å². The van der Waals surface area contributed by atoms with E-state index < -0.39 is 21.9 Å². The summed E-state index contributed by atoms with van der Waals surface area (Å²) in [7, 11) is -0.679. The summed E-state index contributed by atoms with van der Waals surface area (Å²) < 4.78 is 40.3. The molecule has 0 saturated carbocycles. The van der Waals surface area contributed by atoms with Crippen LogP contribution >= 0.6 is 0 Å². The fraction of sp³-hybridized carbons (Fsp3) is 0.286. The van der Waals surface area contributed by atoms with E-state index in [2.05, 4.69) is 5.32 Å². The number of sulfonamides is 1. The summed E-state index contributed by atoms with van der Waals surface area (Å²) in [5, 5.41) is 2.65. The minimum Gasteiger partial charge on any atom is -0.357 e. The van der Waals surface area contributed by atoms with E-state index in [0.29, 0.717) is 12.0 Å². The van der Waals surface area contributed by atoms with Gasteiger partial charge in [-0.15, -0.1) is 0 Å². The van der Waals surface area contributed by atoms with E-state index in [4.69, 9.17) is 0 Å². The van der Waals surface area contributed by atoms with Gasteiger partial charge in [-0.1, -0.05) is 60.7 Å². The van der Waals surface area contributed by atoms with Crippen LogP contribution in [0, 0.1) is 5.82 Å². The maximum atomic E-state index is 13.5. The Labute approximate surface area is 218 Å². The Morgan fingerprint density at radius 3 is 2.08 bits per heavy atom. The van der Waals surface area contributed by atoms with Crippen molar-refractivity contribution in [2.45, 2.75) is 36.7 Å². The molecule has 3 aromatic carbocycles. The predicted octanol–water partition coefficient (Wildman–Crippen LogP) is 3.61. The summed E-state index contributed by atoms with van der Waals surface area (Å²) in [6.45, 7) is 0.249. The third-order valence-corrected chi connectivity index (χ3v) is 7.97. The van der Waals surface area contributed by atoms with Crippen LogP contribution < -0.4 is 5.32 Å². The number of nitrogens with one attached hydrogen (secondary N) is 1. The molecule has 7 nitrogen and oxygen atoms in total. The van der Waals surface area contributed by atoms with E-state index in [-0.39, 0.29) is 42.6 Å². The lowest BCUT2D eigenvalue weighted by molar-refractivity contribution is -0.141. The van der Waals surface area contributed by atoms with Crippen molar-refractivity contribution in [3.05, 3.63) is 102 Å². The van der Waals surface area contributed by atoms with Gasteiger partial charge in [-0.25, -0.2) is 17.1 Å². The van der Waals surface area contributed by atoms with E-state index >= 15 is 0 Å². The van der Waals surface area contributed by atoms with Crippen LogP contribution in [-0.2, 0) is 32.6 Å². The summed E-state index contributed by atoms with van der Waals surface area (Å²) in [6.07, 6.45) is 0.612. The molecule has 0 heterocycles. The van der Waals surface area contributed by atoms with Crippen molar-refractivity contribution in [2.24, 2.45) is 0 Å². The molecule has 37 heavy (non-hydrogen) atoms. The van der Waals surface area contributed by atoms with Crippen molar-refractivity contribution in [2.75, 3.05) is 20.6 Å². The third-order valence-electron chi connectivity index (χ3n) is 6.10. The first-order chi connectivity index (χ1) is 17.7. The lowest BCUT2D eigenvalue weighted by atomic mass is 10.0.